The topological polar surface area (TPSA) is 95.4 Å². The van der Waals surface area contributed by atoms with Gasteiger partial charge in [-0.3, -0.25) is 13.8 Å². The summed E-state index contributed by atoms with van der Waals surface area (Å²) in [5.74, 6) is 3.79. The quantitative estimate of drug-likeness (QED) is 0.423. The van der Waals surface area contributed by atoms with Gasteiger partial charge in [0.1, 0.15) is 17.3 Å². The highest BCUT2D eigenvalue weighted by Crippen LogP contribution is 2.43. The average molecular weight is 438 g/mol. The van der Waals surface area contributed by atoms with Crippen molar-refractivity contribution in [2.45, 2.75) is 26.3 Å². The van der Waals surface area contributed by atoms with Gasteiger partial charge < -0.3 is 4.90 Å². The highest BCUT2D eigenvalue weighted by molar-refractivity contribution is 5.71. The zero-order valence-electron chi connectivity index (χ0n) is 18.5. The number of hydrogen-bond donors (Lipinski definition) is 0. The molecule has 0 amide bonds. The molecule has 10 heteroatoms. The molecule has 10 nitrogen and oxygen atoms in total. The van der Waals surface area contributed by atoms with E-state index in [1.165, 1.54) is 0 Å². The highest BCUT2D eigenvalue weighted by atomic mass is 15.4. The monoisotopic (exact) mass is 438 g/mol. The van der Waals surface area contributed by atoms with Crippen LogP contribution >= 0.6 is 0 Å². The first-order valence-electron chi connectivity index (χ1n) is 10.8. The molecule has 6 rings (SSSR count). The summed E-state index contributed by atoms with van der Waals surface area (Å²) in [6.45, 7) is 4.09. The van der Waals surface area contributed by atoms with E-state index in [0.29, 0.717) is 5.95 Å². The smallest absolute Gasteiger partial charge is 0.237 e. The maximum Gasteiger partial charge on any atom is 0.237 e. The van der Waals surface area contributed by atoms with Gasteiger partial charge in [0, 0.05) is 31.2 Å². The second kappa shape index (κ2) is 7.37. The first-order valence-corrected chi connectivity index (χ1v) is 10.8. The lowest BCUT2D eigenvalue weighted by Crippen LogP contribution is -2.32. The lowest BCUT2D eigenvalue weighted by Gasteiger charge is -2.36. The molecule has 1 atom stereocenters. The molecule has 0 N–H and O–H groups in total. The van der Waals surface area contributed by atoms with Crippen molar-refractivity contribution in [2.75, 3.05) is 4.90 Å². The fourth-order valence-electron chi connectivity index (χ4n) is 4.43. The van der Waals surface area contributed by atoms with E-state index in [1.54, 1.807) is 10.9 Å². The Hall–Kier alpha value is -4.34. The summed E-state index contributed by atoms with van der Waals surface area (Å²) in [6, 6.07) is 9.99. The molecule has 1 aliphatic rings. The fraction of sp³-hybridized carbons (Fsp3) is 0.217. The van der Waals surface area contributed by atoms with E-state index in [0.717, 1.165) is 46.7 Å². The zero-order chi connectivity index (χ0) is 22.5. The normalized spacial score (nSPS) is 14.9. The van der Waals surface area contributed by atoms with Gasteiger partial charge in [-0.1, -0.05) is 37.3 Å². The maximum absolute atomic E-state index is 5.05. The number of anilines is 2. The molecule has 164 valence electrons. The lowest BCUT2D eigenvalue weighted by molar-refractivity contribution is 0.586. The van der Waals surface area contributed by atoms with Gasteiger partial charge in [-0.2, -0.15) is 10.1 Å². The van der Waals surface area contributed by atoms with Crippen molar-refractivity contribution in [2.24, 2.45) is 7.05 Å². The van der Waals surface area contributed by atoms with Crippen molar-refractivity contribution in [3.8, 4) is 23.0 Å². The fourth-order valence-corrected chi connectivity index (χ4v) is 4.43. The lowest BCUT2D eigenvalue weighted by atomic mass is 10.1. The summed E-state index contributed by atoms with van der Waals surface area (Å²) >= 11 is 0. The number of imidazole rings is 1. The first kappa shape index (κ1) is 19.4. The van der Waals surface area contributed by atoms with E-state index in [2.05, 4.69) is 32.1 Å². The summed E-state index contributed by atoms with van der Waals surface area (Å²) in [5, 5.41) is 13.2. The number of aryl methyl sites for hydroxylation is 2. The number of nitrogens with zero attached hydrogens (tertiary/aromatic N) is 10. The second-order valence-electron chi connectivity index (χ2n) is 7.97. The van der Waals surface area contributed by atoms with E-state index >= 15 is 0 Å². The Morgan fingerprint density at radius 3 is 2.64 bits per heavy atom. The molecule has 4 aromatic heterocycles. The van der Waals surface area contributed by atoms with Crippen molar-refractivity contribution in [3.05, 3.63) is 73.0 Å². The Labute approximate surface area is 190 Å². The third-order valence-corrected chi connectivity index (χ3v) is 5.91. The third kappa shape index (κ3) is 2.94. The van der Waals surface area contributed by atoms with Crippen LogP contribution in [0.25, 0.3) is 23.0 Å². The minimum absolute atomic E-state index is 0.0398. The summed E-state index contributed by atoms with van der Waals surface area (Å²) in [4.78, 5) is 16.5. The molecule has 5 heterocycles. The third-order valence-electron chi connectivity index (χ3n) is 5.91. The molecule has 0 aliphatic carbocycles. The highest BCUT2D eigenvalue weighted by Gasteiger charge is 2.36. The molecule has 0 saturated heterocycles. The van der Waals surface area contributed by atoms with Crippen LogP contribution in [0.15, 0.2) is 61.3 Å². The Morgan fingerprint density at radius 1 is 1.03 bits per heavy atom. The number of fused-ring (bicyclic) bond motifs is 3. The molecule has 1 aliphatic heterocycles. The number of benzene rings is 1. The summed E-state index contributed by atoms with van der Waals surface area (Å²) in [7, 11) is 1.91. The molecule has 1 aromatic carbocycles. The van der Waals surface area contributed by atoms with E-state index in [4.69, 9.17) is 9.97 Å². The predicted molar refractivity (Wildman–Crippen MR) is 123 cm³/mol. The van der Waals surface area contributed by atoms with Crippen LogP contribution in [0.3, 0.4) is 0 Å². The van der Waals surface area contributed by atoms with Crippen LogP contribution in [0.5, 0.6) is 0 Å². The molecular formula is C23H22N10. The van der Waals surface area contributed by atoms with E-state index in [9.17, 15) is 0 Å². The van der Waals surface area contributed by atoms with Gasteiger partial charge >= 0.3 is 0 Å². The summed E-state index contributed by atoms with van der Waals surface area (Å²) in [5.41, 5.74) is 2.78. The standard InChI is InChI=1S/C23H22N10/c1-4-18-22-29-28-15(2)32(22)19-13-25-23(27-21(19)33(18)17-12-26-30(3)14-17)31-11-10-24-20(31)16-8-6-5-7-9-16/h5-14,18H,4H2,1-3H3/t18-/m0/s1. The van der Waals surface area contributed by atoms with Crippen LogP contribution < -0.4 is 4.90 Å². The Morgan fingerprint density at radius 2 is 1.88 bits per heavy atom. The van der Waals surface area contributed by atoms with Gasteiger partial charge in [-0.25, -0.2) is 9.97 Å². The molecule has 0 bridgehead atoms. The molecular weight excluding hydrogens is 416 g/mol. The molecule has 33 heavy (non-hydrogen) atoms. The predicted octanol–water partition coefficient (Wildman–Crippen LogP) is 3.55. The molecule has 0 fully saturated rings. The number of hydrogen-bond acceptors (Lipinski definition) is 7. The van der Waals surface area contributed by atoms with E-state index < -0.39 is 0 Å². The van der Waals surface area contributed by atoms with Gasteiger partial charge in [0.25, 0.3) is 0 Å². The van der Waals surface area contributed by atoms with Gasteiger partial charge in [-0.05, 0) is 13.3 Å². The van der Waals surface area contributed by atoms with Gasteiger partial charge in [-0.15, -0.1) is 10.2 Å². The number of aromatic nitrogens is 9. The van der Waals surface area contributed by atoms with Crippen molar-refractivity contribution in [1.29, 1.82) is 0 Å². The first-order chi connectivity index (χ1) is 16.2. The minimum atomic E-state index is -0.0398. The van der Waals surface area contributed by atoms with Crippen LogP contribution in [0, 0.1) is 6.92 Å². The van der Waals surface area contributed by atoms with Gasteiger partial charge in [0.2, 0.25) is 5.95 Å². The van der Waals surface area contributed by atoms with E-state index in [-0.39, 0.29) is 6.04 Å². The largest absolute Gasteiger partial charge is 0.311 e. The van der Waals surface area contributed by atoms with E-state index in [1.807, 2.05) is 78.2 Å². The molecule has 0 saturated carbocycles. The van der Waals surface area contributed by atoms with Crippen molar-refractivity contribution >= 4 is 11.5 Å². The second-order valence-corrected chi connectivity index (χ2v) is 7.97. The summed E-state index contributed by atoms with van der Waals surface area (Å²) < 4.78 is 5.75. The van der Waals surface area contributed by atoms with Crippen LogP contribution in [-0.2, 0) is 7.05 Å². The minimum Gasteiger partial charge on any atom is -0.311 e. The van der Waals surface area contributed by atoms with Gasteiger partial charge in [0.15, 0.2) is 11.6 Å². The summed E-state index contributed by atoms with van der Waals surface area (Å²) in [6.07, 6.45) is 10.1. The van der Waals surface area contributed by atoms with Crippen LogP contribution in [-0.4, -0.2) is 44.1 Å². The Balaban J connectivity index is 1.57. The van der Waals surface area contributed by atoms with Crippen molar-refractivity contribution < 1.29 is 0 Å². The van der Waals surface area contributed by atoms with Crippen LogP contribution in [0.4, 0.5) is 11.5 Å². The molecule has 5 aromatic rings. The van der Waals surface area contributed by atoms with Gasteiger partial charge in [0.05, 0.1) is 24.1 Å². The maximum atomic E-state index is 5.05. The van der Waals surface area contributed by atoms with Crippen molar-refractivity contribution in [3.63, 3.8) is 0 Å². The SMILES string of the molecule is CC[C@H]1c2nnc(C)n2-c2cnc(-n3ccnc3-c3ccccc3)nc2N1c1cnn(C)c1. The van der Waals surface area contributed by atoms with Crippen LogP contribution in [0.1, 0.15) is 31.0 Å². The molecule has 0 unspecified atom stereocenters. The molecule has 0 radical (unpaired) electrons. The van der Waals surface area contributed by atoms with Crippen LogP contribution in [0.2, 0.25) is 0 Å². The number of rotatable bonds is 4. The molecule has 0 spiro atoms. The Kier molecular flexibility index (Phi) is 4.32. The van der Waals surface area contributed by atoms with Crippen molar-refractivity contribution in [1.82, 2.24) is 44.1 Å². The zero-order valence-corrected chi connectivity index (χ0v) is 18.5. The average Bonchev–Trinajstić information content (AvgIpc) is 3.58. The Bertz CT molecular complexity index is 1450.